The first kappa shape index (κ1) is 18.7. The summed E-state index contributed by atoms with van der Waals surface area (Å²) >= 11 is 0. The molecule has 0 saturated heterocycles. The second-order valence-corrected chi connectivity index (χ2v) is 8.88. The molecule has 0 N–H and O–H groups in total. The Hall–Kier alpha value is -2.67. The number of nitrogens with zero attached hydrogens (tertiary/aromatic N) is 1. The van der Waals surface area contributed by atoms with E-state index in [1.807, 2.05) is 6.92 Å². The van der Waals surface area contributed by atoms with Crippen molar-refractivity contribution in [3.63, 3.8) is 0 Å². The Kier molecular flexibility index (Phi) is 4.50. The van der Waals surface area contributed by atoms with Gasteiger partial charge in [-0.15, -0.1) is 0 Å². The predicted octanol–water partition coefficient (Wildman–Crippen LogP) is 3.99. The fourth-order valence-electron chi connectivity index (χ4n) is 3.56. The van der Waals surface area contributed by atoms with Crippen LogP contribution in [0.4, 0.5) is 4.39 Å². The third kappa shape index (κ3) is 3.09. The lowest BCUT2D eigenvalue weighted by Crippen LogP contribution is -2.12. The maximum Gasteiger partial charge on any atom is 0.309 e. The summed E-state index contributed by atoms with van der Waals surface area (Å²) in [5.74, 6) is -1.24. The summed E-state index contributed by atoms with van der Waals surface area (Å²) in [7, 11) is -3.85. The zero-order valence-corrected chi connectivity index (χ0v) is 16.4. The van der Waals surface area contributed by atoms with Gasteiger partial charge in [0.15, 0.2) is 0 Å². The Labute approximate surface area is 162 Å². The van der Waals surface area contributed by atoms with E-state index < -0.39 is 15.8 Å². The van der Waals surface area contributed by atoms with Crippen LogP contribution in [0.1, 0.15) is 30.4 Å². The molecule has 1 aromatic heterocycles. The molecule has 1 heterocycles. The number of hydrogen-bond donors (Lipinski definition) is 0. The number of esters is 1. The average Bonchev–Trinajstić information content (AvgIpc) is 3.36. The number of carbonyl (C=O) groups is 1. The van der Waals surface area contributed by atoms with Crippen LogP contribution in [0.25, 0.3) is 10.9 Å². The van der Waals surface area contributed by atoms with Crippen LogP contribution in [0, 0.1) is 18.7 Å². The second-order valence-electron chi connectivity index (χ2n) is 7.06. The monoisotopic (exact) mass is 401 g/mol. The molecule has 2 aromatic carbocycles. The molecule has 28 heavy (non-hydrogen) atoms. The molecule has 5 nitrogen and oxygen atoms in total. The van der Waals surface area contributed by atoms with Gasteiger partial charge in [-0.2, -0.15) is 0 Å². The predicted molar refractivity (Wildman–Crippen MR) is 103 cm³/mol. The summed E-state index contributed by atoms with van der Waals surface area (Å²) in [6.07, 6.45) is 2.09. The van der Waals surface area contributed by atoms with Crippen LogP contribution in [0.3, 0.4) is 0 Å². The minimum absolute atomic E-state index is 0.156. The van der Waals surface area contributed by atoms with E-state index in [0.29, 0.717) is 29.5 Å². The van der Waals surface area contributed by atoms with Crippen LogP contribution in [-0.2, 0) is 19.6 Å². The normalized spacial score (nSPS) is 19.0. The zero-order chi connectivity index (χ0) is 20.1. The first-order valence-corrected chi connectivity index (χ1v) is 10.6. The van der Waals surface area contributed by atoms with Crippen LogP contribution in [0.2, 0.25) is 0 Å². The van der Waals surface area contributed by atoms with Gasteiger partial charge in [-0.3, -0.25) is 4.79 Å². The molecule has 1 saturated carbocycles. The van der Waals surface area contributed by atoms with Crippen molar-refractivity contribution in [2.24, 2.45) is 5.92 Å². The smallest absolute Gasteiger partial charge is 0.309 e. The van der Waals surface area contributed by atoms with Gasteiger partial charge in [0.2, 0.25) is 0 Å². The van der Waals surface area contributed by atoms with Gasteiger partial charge in [-0.05, 0) is 56.2 Å². The van der Waals surface area contributed by atoms with Crippen LogP contribution >= 0.6 is 0 Å². The van der Waals surface area contributed by atoms with Crippen LogP contribution < -0.4 is 0 Å². The van der Waals surface area contributed by atoms with E-state index in [0.717, 1.165) is 5.56 Å². The van der Waals surface area contributed by atoms with Crippen molar-refractivity contribution in [3.8, 4) is 0 Å². The highest BCUT2D eigenvalue weighted by Crippen LogP contribution is 2.51. The fraction of sp³-hybridized carbons (Fsp3) is 0.286. The third-order valence-electron chi connectivity index (χ3n) is 5.12. The molecule has 1 aliphatic carbocycles. The van der Waals surface area contributed by atoms with Gasteiger partial charge in [-0.25, -0.2) is 16.8 Å². The SMILES string of the molecule is CCOC(=O)[C@@H]1C[C@H]1c1cn(S(=O)(=O)c2ccc(C)cc2)c2ccc(F)cc12. The molecule has 2 atom stereocenters. The van der Waals surface area contributed by atoms with E-state index >= 15 is 0 Å². The number of ether oxygens (including phenoxy) is 1. The summed E-state index contributed by atoms with van der Waals surface area (Å²) in [6, 6.07) is 10.6. The number of carbonyl (C=O) groups excluding carboxylic acids is 1. The van der Waals surface area contributed by atoms with Gasteiger partial charge in [-0.1, -0.05) is 17.7 Å². The number of hydrogen-bond acceptors (Lipinski definition) is 4. The molecular weight excluding hydrogens is 381 g/mol. The molecule has 0 amide bonds. The van der Waals surface area contributed by atoms with E-state index in [1.54, 1.807) is 31.2 Å². The van der Waals surface area contributed by atoms with Gasteiger partial charge < -0.3 is 4.74 Å². The summed E-state index contributed by atoms with van der Waals surface area (Å²) < 4.78 is 46.5. The molecule has 0 spiro atoms. The van der Waals surface area contributed by atoms with Crippen molar-refractivity contribution < 1.29 is 22.3 Å². The van der Waals surface area contributed by atoms with Crippen molar-refractivity contribution in [1.82, 2.24) is 3.97 Å². The summed E-state index contributed by atoms with van der Waals surface area (Å²) in [6.45, 7) is 3.91. The molecule has 7 heteroatoms. The van der Waals surface area contributed by atoms with E-state index in [-0.39, 0.29) is 22.7 Å². The van der Waals surface area contributed by atoms with Crippen LogP contribution in [0.15, 0.2) is 53.6 Å². The Morgan fingerprint density at radius 2 is 1.93 bits per heavy atom. The Morgan fingerprint density at radius 3 is 2.61 bits per heavy atom. The topological polar surface area (TPSA) is 65.4 Å². The fourth-order valence-corrected chi connectivity index (χ4v) is 4.94. The van der Waals surface area contributed by atoms with Crippen LogP contribution in [-0.4, -0.2) is 25.0 Å². The summed E-state index contributed by atoms with van der Waals surface area (Å²) in [4.78, 5) is 12.2. The zero-order valence-electron chi connectivity index (χ0n) is 15.6. The maximum absolute atomic E-state index is 13.9. The minimum Gasteiger partial charge on any atom is -0.466 e. The van der Waals surface area contributed by atoms with Crippen LogP contribution in [0.5, 0.6) is 0 Å². The quantitative estimate of drug-likeness (QED) is 0.607. The number of aryl methyl sites for hydroxylation is 1. The Balaban J connectivity index is 1.83. The van der Waals surface area contributed by atoms with E-state index in [9.17, 15) is 17.6 Å². The minimum atomic E-state index is -3.85. The molecule has 0 unspecified atom stereocenters. The number of aromatic nitrogens is 1. The van der Waals surface area contributed by atoms with Gasteiger partial charge in [0.1, 0.15) is 5.82 Å². The van der Waals surface area contributed by atoms with Crippen molar-refractivity contribution in [3.05, 3.63) is 65.6 Å². The van der Waals surface area contributed by atoms with Gasteiger partial charge >= 0.3 is 5.97 Å². The first-order chi connectivity index (χ1) is 13.3. The largest absolute Gasteiger partial charge is 0.466 e. The van der Waals surface area contributed by atoms with Gasteiger partial charge in [0.05, 0.1) is 22.9 Å². The summed E-state index contributed by atoms with van der Waals surface area (Å²) in [5.41, 5.74) is 2.00. The molecule has 3 aromatic rings. The highest BCUT2D eigenvalue weighted by atomic mass is 32.2. The molecule has 0 radical (unpaired) electrons. The van der Waals surface area contributed by atoms with E-state index in [2.05, 4.69) is 0 Å². The van der Waals surface area contributed by atoms with Crippen molar-refractivity contribution in [1.29, 1.82) is 0 Å². The lowest BCUT2D eigenvalue weighted by atomic mass is 10.1. The lowest BCUT2D eigenvalue weighted by Gasteiger charge is -2.08. The average molecular weight is 401 g/mol. The molecule has 0 aliphatic heterocycles. The highest BCUT2D eigenvalue weighted by molar-refractivity contribution is 7.90. The van der Waals surface area contributed by atoms with Gasteiger partial charge in [0.25, 0.3) is 10.0 Å². The molecule has 0 bridgehead atoms. The number of rotatable bonds is 5. The first-order valence-electron chi connectivity index (χ1n) is 9.12. The molecular formula is C21H20FNO4S. The van der Waals surface area contributed by atoms with E-state index in [4.69, 9.17) is 4.74 Å². The van der Waals surface area contributed by atoms with Gasteiger partial charge in [0, 0.05) is 17.5 Å². The standard InChI is InChI=1S/C21H20FNO4S/c1-3-27-21(24)18-11-16(18)19-12-23(20-9-6-14(22)10-17(19)20)28(25,26)15-7-4-13(2)5-8-15/h4-10,12,16,18H,3,11H2,1-2H3/t16-,18-/m1/s1. The molecule has 4 rings (SSSR count). The number of benzene rings is 2. The molecule has 1 fully saturated rings. The number of halogens is 1. The molecule has 146 valence electrons. The lowest BCUT2D eigenvalue weighted by molar-refractivity contribution is -0.144. The third-order valence-corrected chi connectivity index (χ3v) is 6.81. The van der Waals surface area contributed by atoms with E-state index in [1.165, 1.54) is 28.4 Å². The van der Waals surface area contributed by atoms with Crippen molar-refractivity contribution in [2.75, 3.05) is 6.61 Å². The Morgan fingerprint density at radius 1 is 1.21 bits per heavy atom. The molecule has 1 aliphatic rings. The summed E-state index contributed by atoms with van der Waals surface area (Å²) in [5, 5.41) is 0.507. The maximum atomic E-state index is 13.9. The van der Waals surface area contributed by atoms with Crippen molar-refractivity contribution in [2.45, 2.75) is 31.1 Å². The van der Waals surface area contributed by atoms with Crippen molar-refractivity contribution >= 4 is 26.9 Å². The number of fused-ring (bicyclic) bond motifs is 1. The Bertz CT molecular complexity index is 1170. The second kappa shape index (κ2) is 6.74. The highest BCUT2D eigenvalue weighted by Gasteiger charge is 2.46.